The van der Waals surface area contributed by atoms with E-state index in [2.05, 4.69) is 18.3 Å². The molecule has 0 fully saturated rings. The van der Waals surface area contributed by atoms with Gasteiger partial charge in [0.25, 0.3) is 5.91 Å². The fraction of sp³-hybridized carbons (Fsp3) is 0.333. The molecule has 0 saturated carbocycles. The number of nitrogens with zero attached hydrogens (tertiary/aromatic N) is 3. The van der Waals surface area contributed by atoms with E-state index in [1.807, 2.05) is 13.0 Å². The third-order valence-corrected chi connectivity index (χ3v) is 3.57. The van der Waals surface area contributed by atoms with Crippen LogP contribution in [0.1, 0.15) is 29.1 Å². The first-order chi connectivity index (χ1) is 9.60. The highest BCUT2D eigenvalue weighted by atomic mass is 35.5. The number of carbonyl (C=O) groups excluding carboxylic acids is 1. The zero-order chi connectivity index (χ0) is 14.7. The van der Waals surface area contributed by atoms with Gasteiger partial charge in [-0.05, 0) is 18.6 Å². The van der Waals surface area contributed by atoms with Crippen LogP contribution >= 0.6 is 11.6 Å². The quantitative estimate of drug-likeness (QED) is 0.618. The topological polar surface area (TPSA) is 38.1 Å². The molecule has 0 aliphatic carbocycles. The molecule has 0 spiro atoms. The summed E-state index contributed by atoms with van der Waals surface area (Å²) in [6, 6.07) is 1.90. The zero-order valence-electron chi connectivity index (χ0n) is 11.6. The van der Waals surface area contributed by atoms with Gasteiger partial charge in [-0.25, -0.2) is 0 Å². The van der Waals surface area contributed by atoms with E-state index in [1.54, 1.807) is 27.8 Å². The Morgan fingerprint density at radius 3 is 2.95 bits per heavy atom. The van der Waals surface area contributed by atoms with Crippen LogP contribution < -0.4 is 0 Å². The number of allylic oxidation sites excluding steroid dienone is 2. The minimum atomic E-state index is -0.0243. The summed E-state index contributed by atoms with van der Waals surface area (Å²) in [6.07, 6.45) is 5.31. The van der Waals surface area contributed by atoms with Gasteiger partial charge in [0.2, 0.25) is 0 Å². The van der Waals surface area contributed by atoms with Crippen LogP contribution in [-0.4, -0.2) is 33.7 Å². The average molecular weight is 292 g/mol. The van der Waals surface area contributed by atoms with Crippen LogP contribution in [0.4, 0.5) is 0 Å². The molecule has 0 N–H and O–H groups in total. The Kier molecular flexibility index (Phi) is 4.45. The maximum Gasteiger partial charge on any atom is 0.272 e. The number of alkyl halides is 1. The number of hydrogen-bond acceptors (Lipinski definition) is 2. The van der Waals surface area contributed by atoms with E-state index < -0.39 is 0 Å². The highest BCUT2D eigenvalue weighted by Gasteiger charge is 2.30. The van der Waals surface area contributed by atoms with E-state index in [9.17, 15) is 4.79 Å². The average Bonchev–Trinajstić information content (AvgIpc) is 2.88. The van der Waals surface area contributed by atoms with Crippen molar-refractivity contribution in [2.45, 2.75) is 18.8 Å². The second-order valence-corrected chi connectivity index (χ2v) is 5.08. The molecule has 0 bridgehead atoms. The Morgan fingerprint density at radius 1 is 1.60 bits per heavy atom. The van der Waals surface area contributed by atoms with Gasteiger partial charge in [0.05, 0.1) is 17.6 Å². The largest absolute Gasteiger partial charge is 0.331 e. The molecule has 1 amide bonds. The summed E-state index contributed by atoms with van der Waals surface area (Å²) in [5, 5.41) is 4.36. The van der Waals surface area contributed by atoms with Gasteiger partial charge in [-0.3, -0.25) is 9.48 Å². The normalized spacial score (nSPS) is 18.9. The summed E-state index contributed by atoms with van der Waals surface area (Å²) >= 11 is 5.79. The lowest BCUT2D eigenvalue weighted by Gasteiger charge is -2.32. The number of carbonyl (C=O) groups is 1. The lowest BCUT2D eigenvalue weighted by atomic mass is 10.1. The first kappa shape index (κ1) is 14.6. The van der Waals surface area contributed by atoms with Crippen molar-refractivity contribution in [3.63, 3.8) is 0 Å². The second kappa shape index (κ2) is 6.09. The fourth-order valence-electron chi connectivity index (χ4n) is 2.34. The molecule has 1 aromatic rings. The van der Waals surface area contributed by atoms with Crippen LogP contribution in [0.5, 0.6) is 0 Å². The van der Waals surface area contributed by atoms with Gasteiger partial charge in [-0.2, -0.15) is 5.10 Å². The van der Waals surface area contributed by atoms with Crippen molar-refractivity contribution >= 4 is 17.5 Å². The highest BCUT2D eigenvalue weighted by Crippen LogP contribution is 2.22. The molecule has 1 atom stereocenters. The number of halogens is 1. The van der Waals surface area contributed by atoms with Gasteiger partial charge in [0, 0.05) is 13.1 Å². The minimum Gasteiger partial charge on any atom is -0.331 e. The lowest BCUT2D eigenvalue weighted by Crippen LogP contribution is -2.43. The van der Waals surface area contributed by atoms with E-state index in [-0.39, 0.29) is 11.9 Å². The Morgan fingerprint density at radius 2 is 2.35 bits per heavy atom. The van der Waals surface area contributed by atoms with Crippen molar-refractivity contribution in [3.05, 3.63) is 54.4 Å². The van der Waals surface area contributed by atoms with E-state index >= 15 is 0 Å². The molecule has 5 heteroatoms. The van der Waals surface area contributed by atoms with E-state index in [4.69, 9.17) is 11.6 Å². The SMILES string of the molecule is C=C/C=C(\C=C)CN1CC(C)n2nc(CCl)cc2C1=O. The monoisotopic (exact) mass is 291 g/mol. The van der Waals surface area contributed by atoms with Gasteiger partial charge in [0.15, 0.2) is 0 Å². The Hall–Kier alpha value is -1.81. The molecule has 0 aromatic carbocycles. The number of fused-ring (bicyclic) bond motifs is 1. The standard InChI is InChI=1S/C15H18ClN3O/c1-4-6-12(5-2)10-18-9-11(3)19-14(15(18)20)7-13(8-16)17-19/h4-7,11H,1-2,8-10H2,3H3/b12-6+. The maximum absolute atomic E-state index is 12.5. The fourth-order valence-corrected chi connectivity index (χ4v) is 2.47. The predicted molar refractivity (Wildman–Crippen MR) is 80.9 cm³/mol. The van der Waals surface area contributed by atoms with Crippen LogP contribution in [0.25, 0.3) is 0 Å². The highest BCUT2D eigenvalue weighted by molar-refractivity contribution is 6.17. The minimum absolute atomic E-state index is 0.0243. The van der Waals surface area contributed by atoms with Gasteiger partial charge >= 0.3 is 0 Å². The maximum atomic E-state index is 12.5. The Balaban J connectivity index is 2.27. The van der Waals surface area contributed by atoms with Crippen molar-refractivity contribution in [2.24, 2.45) is 0 Å². The number of amides is 1. The molecule has 2 rings (SSSR count). The van der Waals surface area contributed by atoms with E-state index in [1.165, 1.54) is 0 Å². The summed E-state index contributed by atoms with van der Waals surface area (Å²) in [7, 11) is 0. The first-order valence-electron chi connectivity index (χ1n) is 6.48. The molecule has 20 heavy (non-hydrogen) atoms. The molecule has 0 radical (unpaired) electrons. The van der Waals surface area contributed by atoms with E-state index in [0.29, 0.717) is 24.7 Å². The molecule has 2 heterocycles. The van der Waals surface area contributed by atoms with Gasteiger partial charge in [0.1, 0.15) is 5.69 Å². The van der Waals surface area contributed by atoms with Crippen molar-refractivity contribution in [1.82, 2.24) is 14.7 Å². The second-order valence-electron chi connectivity index (χ2n) is 4.82. The molecular weight excluding hydrogens is 274 g/mol. The van der Waals surface area contributed by atoms with Crippen LogP contribution in [-0.2, 0) is 5.88 Å². The van der Waals surface area contributed by atoms with Crippen LogP contribution in [0.3, 0.4) is 0 Å². The van der Waals surface area contributed by atoms with E-state index in [0.717, 1.165) is 11.3 Å². The van der Waals surface area contributed by atoms with Crippen molar-refractivity contribution < 1.29 is 4.79 Å². The molecule has 1 aliphatic rings. The first-order valence-corrected chi connectivity index (χ1v) is 7.01. The van der Waals surface area contributed by atoms with Crippen LogP contribution in [0, 0.1) is 0 Å². The van der Waals surface area contributed by atoms with Crippen LogP contribution in [0.15, 0.2) is 43.0 Å². The molecule has 106 valence electrons. The van der Waals surface area contributed by atoms with Gasteiger partial charge in [-0.1, -0.05) is 31.4 Å². The number of hydrogen-bond donors (Lipinski definition) is 0. The molecule has 4 nitrogen and oxygen atoms in total. The third-order valence-electron chi connectivity index (χ3n) is 3.30. The lowest BCUT2D eigenvalue weighted by molar-refractivity contribution is 0.0685. The molecule has 1 aromatic heterocycles. The smallest absolute Gasteiger partial charge is 0.272 e. The predicted octanol–water partition coefficient (Wildman–Crippen LogP) is 2.94. The van der Waals surface area contributed by atoms with Crippen LogP contribution in [0.2, 0.25) is 0 Å². The van der Waals surface area contributed by atoms with Crippen molar-refractivity contribution in [2.75, 3.05) is 13.1 Å². The Bertz CT molecular complexity index is 574. The van der Waals surface area contributed by atoms with Crippen molar-refractivity contribution in [1.29, 1.82) is 0 Å². The van der Waals surface area contributed by atoms with Crippen molar-refractivity contribution in [3.8, 4) is 0 Å². The number of rotatable bonds is 5. The summed E-state index contributed by atoms with van der Waals surface area (Å²) in [5.41, 5.74) is 2.29. The van der Waals surface area contributed by atoms with Gasteiger partial charge in [-0.15, -0.1) is 11.6 Å². The molecule has 1 aliphatic heterocycles. The molecular formula is C15H18ClN3O. The number of aromatic nitrogens is 2. The molecule has 1 unspecified atom stereocenters. The Labute approximate surface area is 124 Å². The third kappa shape index (κ3) is 2.70. The molecule has 0 saturated heterocycles. The zero-order valence-corrected chi connectivity index (χ0v) is 12.3. The summed E-state index contributed by atoms with van der Waals surface area (Å²) in [5.74, 6) is 0.289. The van der Waals surface area contributed by atoms with Gasteiger partial charge < -0.3 is 4.90 Å². The summed E-state index contributed by atoms with van der Waals surface area (Å²) < 4.78 is 1.77. The summed E-state index contributed by atoms with van der Waals surface area (Å²) in [6.45, 7) is 10.6. The summed E-state index contributed by atoms with van der Waals surface area (Å²) in [4.78, 5) is 14.3.